The number of pyridine rings is 1. The summed E-state index contributed by atoms with van der Waals surface area (Å²) in [6.45, 7) is 0. The lowest BCUT2D eigenvalue weighted by Gasteiger charge is -1.94. The number of aromatic nitrogens is 2. The summed E-state index contributed by atoms with van der Waals surface area (Å²) in [5, 5.41) is 0. The first kappa shape index (κ1) is 9.09. The number of rotatable bonds is 1. The van der Waals surface area contributed by atoms with Crippen molar-refractivity contribution in [3.8, 4) is 11.4 Å². The lowest BCUT2D eigenvalue weighted by atomic mass is 10.2. The summed E-state index contributed by atoms with van der Waals surface area (Å²) < 4.78 is 14.9. The molecule has 0 saturated carbocycles. The van der Waals surface area contributed by atoms with E-state index in [0.717, 1.165) is 16.9 Å². The van der Waals surface area contributed by atoms with Gasteiger partial charge in [0.2, 0.25) is 0 Å². The maximum Gasteiger partial charge on any atom is 0.291 e. The van der Waals surface area contributed by atoms with Gasteiger partial charge >= 0.3 is 0 Å². The van der Waals surface area contributed by atoms with Crippen LogP contribution in [-0.4, -0.2) is 4.98 Å². The SMILES string of the molecule is Fc1ccc(-c2[nH]cc3cccc[n+]23)cc1. The molecule has 2 aromatic heterocycles. The van der Waals surface area contributed by atoms with Crippen LogP contribution in [0.15, 0.2) is 54.9 Å². The van der Waals surface area contributed by atoms with Crippen molar-refractivity contribution in [3.63, 3.8) is 0 Å². The predicted molar refractivity (Wildman–Crippen MR) is 59.3 cm³/mol. The van der Waals surface area contributed by atoms with Crippen molar-refractivity contribution in [1.82, 2.24) is 4.98 Å². The van der Waals surface area contributed by atoms with Crippen molar-refractivity contribution in [1.29, 1.82) is 0 Å². The van der Waals surface area contributed by atoms with Crippen LogP contribution in [-0.2, 0) is 0 Å². The minimum absolute atomic E-state index is 0.218. The number of hydrogen-bond acceptors (Lipinski definition) is 0. The first-order valence-electron chi connectivity index (χ1n) is 5.08. The van der Waals surface area contributed by atoms with Crippen LogP contribution >= 0.6 is 0 Å². The number of H-pyrrole nitrogens is 1. The summed E-state index contributed by atoms with van der Waals surface area (Å²) in [6, 6.07) is 12.4. The zero-order chi connectivity index (χ0) is 11.0. The molecule has 2 nitrogen and oxygen atoms in total. The third kappa shape index (κ3) is 1.37. The van der Waals surface area contributed by atoms with Crippen molar-refractivity contribution in [2.75, 3.05) is 0 Å². The maximum absolute atomic E-state index is 12.8. The molecule has 0 unspecified atom stereocenters. The zero-order valence-corrected chi connectivity index (χ0v) is 8.52. The van der Waals surface area contributed by atoms with Gasteiger partial charge in [0.05, 0.1) is 11.8 Å². The van der Waals surface area contributed by atoms with Gasteiger partial charge in [0.1, 0.15) is 12.0 Å². The van der Waals surface area contributed by atoms with E-state index in [1.165, 1.54) is 12.1 Å². The summed E-state index contributed by atoms with van der Waals surface area (Å²) in [7, 11) is 0. The molecule has 2 heterocycles. The van der Waals surface area contributed by atoms with Gasteiger partial charge in [0.15, 0.2) is 5.52 Å². The number of imidazole rings is 1. The van der Waals surface area contributed by atoms with E-state index in [0.29, 0.717) is 0 Å². The highest BCUT2D eigenvalue weighted by atomic mass is 19.1. The first-order valence-corrected chi connectivity index (χ1v) is 5.08. The fourth-order valence-electron chi connectivity index (χ4n) is 1.82. The molecule has 0 fully saturated rings. The topological polar surface area (TPSA) is 19.9 Å². The fraction of sp³-hybridized carbons (Fsp3) is 0. The van der Waals surface area contributed by atoms with Crippen LogP contribution in [0.4, 0.5) is 4.39 Å². The molecule has 3 rings (SSSR count). The second kappa shape index (κ2) is 3.45. The molecule has 0 bridgehead atoms. The van der Waals surface area contributed by atoms with Gasteiger partial charge in [-0.3, -0.25) is 0 Å². The second-order valence-corrected chi connectivity index (χ2v) is 3.64. The lowest BCUT2D eigenvalue weighted by molar-refractivity contribution is -0.498. The number of benzene rings is 1. The molecule has 78 valence electrons. The van der Waals surface area contributed by atoms with Gasteiger partial charge in [-0.25, -0.2) is 9.37 Å². The number of nitrogens with zero attached hydrogens (tertiary/aromatic N) is 1. The van der Waals surface area contributed by atoms with Crippen molar-refractivity contribution in [3.05, 3.63) is 60.7 Å². The molecule has 0 aliphatic rings. The third-order valence-corrected chi connectivity index (χ3v) is 2.61. The van der Waals surface area contributed by atoms with Gasteiger partial charge in [-0.15, -0.1) is 0 Å². The van der Waals surface area contributed by atoms with Crippen molar-refractivity contribution >= 4 is 5.52 Å². The molecule has 3 heteroatoms. The summed E-state index contributed by atoms with van der Waals surface area (Å²) in [6.07, 6.45) is 3.91. The Balaban J connectivity index is 2.22. The van der Waals surface area contributed by atoms with Crippen LogP contribution in [0, 0.1) is 5.82 Å². The van der Waals surface area contributed by atoms with Crippen LogP contribution in [0.25, 0.3) is 16.9 Å². The van der Waals surface area contributed by atoms with E-state index >= 15 is 0 Å². The molecule has 16 heavy (non-hydrogen) atoms. The molecule has 3 aromatic rings. The van der Waals surface area contributed by atoms with Gasteiger partial charge < -0.3 is 0 Å². The largest absolute Gasteiger partial charge is 0.291 e. The third-order valence-electron chi connectivity index (χ3n) is 2.61. The summed E-state index contributed by atoms with van der Waals surface area (Å²) in [5.74, 6) is 0.736. The summed E-state index contributed by atoms with van der Waals surface area (Å²) in [4.78, 5) is 3.19. The van der Waals surface area contributed by atoms with Crippen LogP contribution in [0.5, 0.6) is 0 Å². The van der Waals surface area contributed by atoms with Gasteiger partial charge in [-0.2, -0.15) is 4.40 Å². The number of hydrogen-bond donors (Lipinski definition) is 1. The smallest absolute Gasteiger partial charge is 0.242 e. The Kier molecular flexibility index (Phi) is 1.96. The van der Waals surface area contributed by atoms with Crippen molar-refractivity contribution < 1.29 is 8.79 Å². The van der Waals surface area contributed by atoms with E-state index in [1.54, 1.807) is 12.1 Å². The number of halogens is 1. The molecule has 0 radical (unpaired) electrons. The number of fused-ring (bicyclic) bond motifs is 1. The second-order valence-electron chi connectivity index (χ2n) is 3.64. The maximum atomic E-state index is 12.8. The Hall–Kier alpha value is -2.16. The van der Waals surface area contributed by atoms with Crippen molar-refractivity contribution in [2.45, 2.75) is 0 Å². The Labute approximate surface area is 92.0 Å². The normalized spacial score (nSPS) is 10.8. The molecule has 0 saturated heterocycles. The summed E-state index contributed by atoms with van der Waals surface area (Å²) >= 11 is 0. The van der Waals surface area contributed by atoms with E-state index in [-0.39, 0.29) is 5.82 Å². The highest BCUT2D eigenvalue weighted by Crippen LogP contribution is 2.14. The summed E-state index contributed by atoms with van der Waals surface area (Å²) in [5.41, 5.74) is 2.05. The average Bonchev–Trinajstić information content (AvgIpc) is 2.74. The first-order chi connectivity index (χ1) is 7.84. The molecule has 0 amide bonds. The van der Waals surface area contributed by atoms with E-state index in [9.17, 15) is 4.39 Å². The number of aromatic amines is 1. The quantitative estimate of drug-likeness (QED) is 0.599. The average molecular weight is 213 g/mol. The predicted octanol–water partition coefficient (Wildman–Crippen LogP) is 2.56. The minimum atomic E-state index is -0.218. The Morgan fingerprint density at radius 3 is 2.62 bits per heavy atom. The lowest BCUT2D eigenvalue weighted by Crippen LogP contribution is -2.20. The molecule has 1 N–H and O–H groups in total. The van der Waals surface area contributed by atoms with Crippen molar-refractivity contribution in [2.24, 2.45) is 0 Å². The Morgan fingerprint density at radius 1 is 1.00 bits per heavy atom. The van der Waals surface area contributed by atoms with Crippen LogP contribution < -0.4 is 4.40 Å². The van der Waals surface area contributed by atoms with E-state index < -0.39 is 0 Å². The zero-order valence-electron chi connectivity index (χ0n) is 8.52. The highest BCUT2D eigenvalue weighted by molar-refractivity contribution is 5.54. The molecule has 0 aliphatic heterocycles. The molecule has 1 aromatic carbocycles. The van der Waals surface area contributed by atoms with Gasteiger partial charge in [0.25, 0.3) is 5.82 Å². The fourth-order valence-corrected chi connectivity index (χ4v) is 1.82. The highest BCUT2D eigenvalue weighted by Gasteiger charge is 2.12. The van der Waals surface area contributed by atoms with Gasteiger partial charge in [-0.05, 0) is 36.4 Å². The monoisotopic (exact) mass is 213 g/mol. The van der Waals surface area contributed by atoms with E-state index in [2.05, 4.69) is 4.98 Å². The number of nitrogens with one attached hydrogen (secondary N) is 1. The van der Waals surface area contributed by atoms with E-state index in [4.69, 9.17) is 0 Å². The standard InChI is InChI=1S/C13H9FN2/c14-11-6-4-10(5-7-11)13-15-9-12-3-1-2-8-16(12)13/h1-9H/p+1. The Bertz CT molecular complexity index is 626. The van der Waals surface area contributed by atoms with Crippen LogP contribution in [0.3, 0.4) is 0 Å². The molecular weight excluding hydrogens is 203 g/mol. The van der Waals surface area contributed by atoms with E-state index in [1.807, 2.05) is 35.0 Å². The van der Waals surface area contributed by atoms with Gasteiger partial charge in [0, 0.05) is 0 Å². The van der Waals surface area contributed by atoms with Crippen LogP contribution in [0.1, 0.15) is 0 Å². The molecule has 0 aliphatic carbocycles. The molecular formula is C13H10FN2+. The van der Waals surface area contributed by atoms with Gasteiger partial charge in [-0.1, -0.05) is 6.07 Å². The van der Waals surface area contributed by atoms with Crippen LogP contribution in [0.2, 0.25) is 0 Å². The Morgan fingerprint density at radius 2 is 1.81 bits per heavy atom. The molecule has 0 atom stereocenters. The molecule has 0 spiro atoms. The minimum Gasteiger partial charge on any atom is -0.242 e.